The Bertz CT molecular complexity index is 302. The number of rotatable bonds is 1. The average Bonchev–Trinajstić information content (AvgIpc) is 2.00. The Morgan fingerprint density at radius 3 is 2.50 bits per heavy atom. The molecule has 0 aromatic carbocycles. The number of halogens is 4. The van der Waals surface area contributed by atoms with Crippen LogP contribution in [0.25, 0.3) is 0 Å². The number of aromatic nitrogens is 1. The second kappa shape index (κ2) is 3.54. The number of hydrogen-bond donors (Lipinski definition) is 0. The molecule has 0 fully saturated rings. The van der Waals surface area contributed by atoms with Crippen LogP contribution in [0.2, 0.25) is 10.2 Å². The fourth-order valence-corrected chi connectivity index (χ4v) is 1.15. The lowest BCUT2D eigenvalue weighted by Crippen LogP contribution is -1.92. The summed E-state index contributed by atoms with van der Waals surface area (Å²) in [6, 6.07) is 0. The molecule has 0 atom stereocenters. The van der Waals surface area contributed by atoms with E-state index in [2.05, 4.69) is 4.98 Å². The molecule has 66 valence electrons. The van der Waals surface area contributed by atoms with Crippen molar-refractivity contribution in [1.82, 2.24) is 4.98 Å². The van der Waals surface area contributed by atoms with Crippen molar-refractivity contribution in [3.63, 3.8) is 0 Å². The molecule has 5 heteroatoms. The van der Waals surface area contributed by atoms with E-state index < -0.39 is 6.43 Å². The van der Waals surface area contributed by atoms with Gasteiger partial charge in [-0.15, -0.1) is 0 Å². The van der Waals surface area contributed by atoms with Crippen LogP contribution >= 0.6 is 23.2 Å². The van der Waals surface area contributed by atoms with Crippen molar-refractivity contribution in [2.45, 2.75) is 13.3 Å². The molecule has 12 heavy (non-hydrogen) atoms. The molecule has 0 amide bonds. The van der Waals surface area contributed by atoms with E-state index in [1.165, 1.54) is 0 Å². The lowest BCUT2D eigenvalue weighted by Gasteiger charge is -2.05. The normalized spacial score (nSPS) is 10.8. The monoisotopic (exact) mass is 211 g/mol. The van der Waals surface area contributed by atoms with Gasteiger partial charge in [0.25, 0.3) is 6.43 Å². The Balaban J connectivity index is 3.27. The molecule has 1 rings (SSSR count). The first kappa shape index (κ1) is 9.68. The molecular formula is C7H5Cl2F2N. The van der Waals surface area contributed by atoms with Crippen molar-refractivity contribution in [1.29, 1.82) is 0 Å². The standard InChI is InChI=1S/C7H5Cl2F2N/c1-3-5(8)4(7(10)11)2-12-6(3)9/h2,7H,1H3. The molecule has 0 aliphatic heterocycles. The number of hydrogen-bond acceptors (Lipinski definition) is 1. The van der Waals surface area contributed by atoms with Gasteiger partial charge in [-0.05, 0) is 6.92 Å². The molecule has 0 saturated carbocycles. The minimum Gasteiger partial charge on any atom is -0.244 e. The molecule has 1 aromatic rings. The van der Waals surface area contributed by atoms with Gasteiger partial charge < -0.3 is 0 Å². The maximum absolute atomic E-state index is 12.2. The van der Waals surface area contributed by atoms with Crippen molar-refractivity contribution >= 4 is 23.2 Å². The Hall–Kier alpha value is -0.410. The number of pyridine rings is 1. The summed E-state index contributed by atoms with van der Waals surface area (Å²) in [5.74, 6) is 0. The Morgan fingerprint density at radius 1 is 1.42 bits per heavy atom. The summed E-state index contributed by atoms with van der Waals surface area (Å²) in [6.07, 6.45) is -1.62. The van der Waals surface area contributed by atoms with Crippen LogP contribution in [0.4, 0.5) is 8.78 Å². The van der Waals surface area contributed by atoms with Crippen LogP contribution < -0.4 is 0 Å². The minimum absolute atomic E-state index is 0.00926. The van der Waals surface area contributed by atoms with Gasteiger partial charge in [0.2, 0.25) is 0 Å². The summed E-state index contributed by atoms with van der Waals surface area (Å²) >= 11 is 11.1. The fourth-order valence-electron chi connectivity index (χ4n) is 0.739. The van der Waals surface area contributed by atoms with Crippen molar-refractivity contribution in [3.05, 3.63) is 27.5 Å². The average molecular weight is 212 g/mol. The molecule has 0 radical (unpaired) electrons. The van der Waals surface area contributed by atoms with Gasteiger partial charge in [0.15, 0.2) is 0 Å². The molecular weight excluding hydrogens is 207 g/mol. The molecule has 0 aliphatic carbocycles. The highest BCUT2D eigenvalue weighted by Crippen LogP contribution is 2.31. The van der Waals surface area contributed by atoms with Crippen LogP contribution in [0.5, 0.6) is 0 Å². The third-order valence-electron chi connectivity index (χ3n) is 1.44. The van der Waals surface area contributed by atoms with Crippen LogP contribution in [-0.2, 0) is 0 Å². The molecule has 0 bridgehead atoms. The van der Waals surface area contributed by atoms with E-state index in [1.54, 1.807) is 6.92 Å². The third kappa shape index (κ3) is 1.67. The zero-order valence-corrected chi connectivity index (χ0v) is 7.63. The molecule has 1 aromatic heterocycles. The fraction of sp³-hybridized carbons (Fsp3) is 0.286. The van der Waals surface area contributed by atoms with E-state index >= 15 is 0 Å². The van der Waals surface area contributed by atoms with Crippen molar-refractivity contribution in [2.75, 3.05) is 0 Å². The van der Waals surface area contributed by atoms with Gasteiger partial charge in [0.05, 0.1) is 10.6 Å². The van der Waals surface area contributed by atoms with E-state index in [9.17, 15) is 8.78 Å². The van der Waals surface area contributed by atoms with Gasteiger partial charge in [0.1, 0.15) is 5.15 Å². The van der Waals surface area contributed by atoms with Crippen LogP contribution in [-0.4, -0.2) is 4.98 Å². The summed E-state index contributed by atoms with van der Waals surface area (Å²) in [4.78, 5) is 3.56. The Morgan fingerprint density at radius 2 is 2.00 bits per heavy atom. The number of alkyl halides is 2. The SMILES string of the molecule is Cc1c(Cl)ncc(C(F)F)c1Cl. The lowest BCUT2D eigenvalue weighted by atomic mass is 10.2. The first-order valence-electron chi connectivity index (χ1n) is 3.12. The number of nitrogens with zero attached hydrogens (tertiary/aromatic N) is 1. The van der Waals surface area contributed by atoms with Crippen LogP contribution in [0.15, 0.2) is 6.20 Å². The van der Waals surface area contributed by atoms with Gasteiger partial charge in [-0.3, -0.25) is 0 Å². The molecule has 1 heterocycles. The highest BCUT2D eigenvalue weighted by Gasteiger charge is 2.15. The van der Waals surface area contributed by atoms with E-state index in [1.807, 2.05) is 0 Å². The van der Waals surface area contributed by atoms with E-state index in [0.717, 1.165) is 6.20 Å². The van der Waals surface area contributed by atoms with E-state index in [4.69, 9.17) is 23.2 Å². The molecule has 0 N–H and O–H groups in total. The van der Waals surface area contributed by atoms with Crippen molar-refractivity contribution < 1.29 is 8.78 Å². The van der Waals surface area contributed by atoms with Gasteiger partial charge in [-0.2, -0.15) is 0 Å². The predicted octanol–water partition coefficient (Wildman–Crippen LogP) is 3.63. The van der Waals surface area contributed by atoms with Crippen LogP contribution in [0.3, 0.4) is 0 Å². The summed E-state index contributed by atoms with van der Waals surface area (Å²) in [7, 11) is 0. The molecule has 0 spiro atoms. The van der Waals surface area contributed by atoms with E-state index in [-0.39, 0.29) is 15.7 Å². The highest BCUT2D eigenvalue weighted by atomic mass is 35.5. The summed E-state index contributed by atoms with van der Waals surface area (Å²) in [6.45, 7) is 1.55. The predicted molar refractivity (Wildman–Crippen MR) is 44.0 cm³/mol. The van der Waals surface area contributed by atoms with Gasteiger partial charge in [-0.1, -0.05) is 23.2 Å². The smallest absolute Gasteiger partial charge is 0.244 e. The third-order valence-corrected chi connectivity index (χ3v) is 2.33. The van der Waals surface area contributed by atoms with Crippen LogP contribution in [0.1, 0.15) is 17.6 Å². The summed E-state index contributed by atoms with van der Waals surface area (Å²) in [5.41, 5.74) is 0.106. The molecule has 1 nitrogen and oxygen atoms in total. The van der Waals surface area contributed by atoms with Gasteiger partial charge in [0, 0.05) is 11.8 Å². The maximum atomic E-state index is 12.2. The Labute approximate surface area is 78.3 Å². The largest absolute Gasteiger partial charge is 0.266 e. The van der Waals surface area contributed by atoms with E-state index in [0.29, 0.717) is 5.56 Å². The highest BCUT2D eigenvalue weighted by molar-refractivity contribution is 6.35. The summed E-state index contributed by atoms with van der Waals surface area (Å²) < 4.78 is 24.3. The zero-order valence-electron chi connectivity index (χ0n) is 6.11. The maximum Gasteiger partial charge on any atom is 0.266 e. The van der Waals surface area contributed by atoms with Gasteiger partial charge >= 0.3 is 0 Å². The molecule has 0 unspecified atom stereocenters. The van der Waals surface area contributed by atoms with Crippen LogP contribution in [0, 0.1) is 6.92 Å². The molecule has 0 saturated heterocycles. The lowest BCUT2D eigenvalue weighted by molar-refractivity contribution is 0.151. The zero-order chi connectivity index (χ0) is 9.30. The second-order valence-electron chi connectivity index (χ2n) is 2.24. The first-order valence-corrected chi connectivity index (χ1v) is 3.88. The first-order chi connectivity index (χ1) is 5.54. The minimum atomic E-state index is -2.61. The van der Waals surface area contributed by atoms with Crippen molar-refractivity contribution in [2.24, 2.45) is 0 Å². The summed E-state index contributed by atoms with van der Waals surface area (Å²) in [5, 5.41) is 0.148. The quantitative estimate of drug-likeness (QED) is 0.647. The topological polar surface area (TPSA) is 12.9 Å². The second-order valence-corrected chi connectivity index (χ2v) is 2.98. The van der Waals surface area contributed by atoms with Crippen molar-refractivity contribution in [3.8, 4) is 0 Å². The Kier molecular flexibility index (Phi) is 2.85. The van der Waals surface area contributed by atoms with Gasteiger partial charge in [-0.25, -0.2) is 13.8 Å². The molecule has 0 aliphatic rings.